The summed E-state index contributed by atoms with van der Waals surface area (Å²) < 4.78 is 5.16. The van der Waals surface area contributed by atoms with Crippen molar-refractivity contribution in [3.05, 3.63) is 53.4 Å². The number of hydrazone groups is 2. The third kappa shape index (κ3) is 5.21. The number of nitrogens with zero attached hydrogens (tertiary/aromatic N) is 3. The summed E-state index contributed by atoms with van der Waals surface area (Å²) in [5.41, 5.74) is 9.05. The van der Waals surface area contributed by atoms with Crippen molar-refractivity contribution in [2.24, 2.45) is 10.2 Å². The number of benzene rings is 2. The smallest absolute Gasteiger partial charge is 0.203 e. The molecular formula is C21H21N5O3S. The number of aryl methyl sites for hydroxylation is 1. The normalized spacial score (nSPS) is 11.8. The van der Waals surface area contributed by atoms with Crippen LogP contribution in [-0.4, -0.2) is 34.9 Å². The van der Waals surface area contributed by atoms with E-state index in [1.165, 1.54) is 11.3 Å². The Bertz CT molecular complexity index is 1090. The second-order valence-electron chi connectivity index (χ2n) is 6.32. The van der Waals surface area contributed by atoms with E-state index in [1.54, 1.807) is 26.2 Å². The van der Waals surface area contributed by atoms with E-state index >= 15 is 0 Å². The molecule has 0 atom stereocenters. The van der Waals surface area contributed by atoms with E-state index in [0.29, 0.717) is 22.8 Å². The molecule has 0 fully saturated rings. The number of phenols is 1. The van der Waals surface area contributed by atoms with Crippen molar-refractivity contribution in [3.63, 3.8) is 0 Å². The molecule has 1 heterocycles. The molecular weight excluding hydrogens is 402 g/mol. The molecule has 0 bridgehead atoms. The zero-order valence-corrected chi connectivity index (χ0v) is 17.5. The van der Waals surface area contributed by atoms with Gasteiger partial charge in [-0.1, -0.05) is 6.07 Å². The summed E-state index contributed by atoms with van der Waals surface area (Å²) in [6, 6.07) is 12.7. The van der Waals surface area contributed by atoms with E-state index in [9.17, 15) is 9.90 Å². The van der Waals surface area contributed by atoms with Crippen molar-refractivity contribution in [3.8, 4) is 22.8 Å². The molecule has 9 heteroatoms. The number of ether oxygens (including phenoxy) is 1. The van der Waals surface area contributed by atoms with Gasteiger partial charge in [0.15, 0.2) is 6.29 Å². The molecule has 3 rings (SSSR count). The number of aromatic hydroxyl groups is 1. The minimum absolute atomic E-state index is 0.0468. The minimum Gasteiger partial charge on any atom is -0.506 e. The van der Waals surface area contributed by atoms with Crippen LogP contribution in [0.4, 0.5) is 10.8 Å². The third-order valence-electron chi connectivity index (χ3n) is 4.14. The molecule has 8 nitrogen and oxygen atoms in total. The van der Waals surface area contributed by atoms with Crippen LogP contribution in [0.2, 0.25) is 0 Å². The van der Waals surface area contributed by atoms with Crippen LogP contribution < -0.4 is 15.6 Å². The zero-order chi connectivity index (χ0) is 21.5. The Kier molecular flexibility index (Phi) is 6.76. The lowest BCUT2D eigenvalue weighted by molar-refractivity contribution is -0.102. The number of carbonyl (C=O) groups excluding carboxylic acids is 1. The number of aldehydes is 1. The van der Waals surface area contributed by atoms with E-state index in [0.717, 1.165) is 22.6 Å². The number of methoxy groups -OCH3 is 1. The van der Waals surface area contributed by atoms with E-state index in [-0.39, 0.29) is 11.5 Å². The summed E-state index contributed by atoms with van der Waals surface area (Å²) in [6.45, 7) is 3.51. The molecule has 0 saturated heterocycles. The Morgan fingerprint density at radius 3 is 2.60 bits per heavy atom. The Morgan fingerprint density at radius 1 is 1.17 bits per heavy atom. The number of anilines is 2. The summed E-state index contributed by atoms with van der Waals surface area (Å²) in [5.74, 6) is 0.825. The van der Waals surface area contributed by atoms with E-state index < -0.39 is 0 Å². The molecule has 1 aromatic heterocycles. The lowest BCUT2D eigenvalue weighted by Gasteiger charge is -2.05. The molecule has 0 aliphatic carbocycles. The molecule has 0 saturated carbocycles. The molecule has 0 aliphatic rings. The lowest BCUT2D eigenvalue weighted by atomic mass is 10.2. The van der Waals surface area contributed by atoms with Gasteiger partial charge in [-0.15, -0.1) is 11.3 Å². The van der Waals surface area contributed by atoms with E-state index in [4.69, 9.17) is 4.74 Å². The predicted octanol–water partition coefficient (Wildman–Crippen LogP) is 4.29. The number of nitrogens with one attached hydrogen (secondary N) is 2. The topological polar surface area (TPSA) is 108 Å². The number of thiazole rings is 1. The number of rotatable bonds is 8. The largest absolute Gasteiger partial charge is 0.506 e. The van der Waals surface area contributed by atoms with Gasteiger partial charge in [-0.3, -0.25) is 15.6 Å². The highest BCUT2D eigenvalue weighted by Gasteiger charge is 2.07. The first-order valence-electron chi connectivity index (χ1n) is 8.99. The van der Waals surface area contributed by atoms with Gasteiger partial charge >= 0.3 is 0 Å². The van der Waals surface area contributed by atoms with Crippen molar-refractivity contribution in [1.82, 2.24) is 4.98 Å². The number of hydrogen-bond donors (Lipinski definition) is 3. The molecule has 0 amide bonds. The molecule has 30 heavy (non-hydrogen) atoms. The van der Waals surface area contributed by atoms with Crippen molar-refractivity contribution < 1.29 is 14.6 Å². The second kappa shape index (κ2) is 9.66. The highest BCUT2D eigenvalue weighted by molar-refractivity contribution is 7.14. The molecule has 0 aliphatic heterocycles. The molecule has 2 aromatic carbocycles. The maximum Gasteiger partial charge on any atom is 0.203 e. The summed E-state index contributed by atoms with van der Waals surface area (Å²) in [5, 5.41) is 20.6. The molecule has 0 unspecified atom stereocenters. The number of aromatic nitrogens is 1. The molecule has 3 N–H and O–H groups in total. The SMILES string of the molecule is COc1ccc(-c2csc(N/N=C(C)\C(C=O)=N/Nc3ccc(C)cc3O)n2)cc1. The van der Waals surface area contributed by atoms with Crippen LogP contribution in [0.15, 0.2) is 58.0 Å². The fraction of sp³-hybridized carbons (Fsp3) is 0.143. The second-order valence-corrected chi connectivity index (χ2v) is 7.18. The number of carbonyl (C=O) groups is 1. The number of phenolic OH excluding ortho intramolecular Hbond substituents is 1. The average molecular weight is 423 g/mol. The quantitative estimate of drug-likeness (QED) is 0.216. The fourth-order valence-electron chi connectivity index (χ4n) is 2.46. The van der Waals surface area contributed by atoms with Crippen molar-refractivity contribution >= 4 is 39.9 Å². The van der Waals surface area contributed by atoms with Gasteiger partial charge in [0, 0.05) is 10.9 Å². The first-order chi connectivity index (χ1) is 14.5. The summed E-state index contributed by atoms with van der Waals surface area (Å²) in [7, 11) is 1.62. The Morgan fingerprint density at radius 2 is 1.93 bits per heavy atom. The first kappa shape index (κ1) is 21.0. The monoisotopic (exact) mass is 423 g/mol. The Balaban J connectivity index is 1.68. The Hall–Kier alpha value is -3.72. The van der Waals surface area contributed by atoms with E-state index in [2.05, 4.69) is 26.0 Å². The van der Waals surface area contributed by atoms with Gasteiger partial charge in [0.1, 0.15) is 17.2 Å². The molecule has 0 radical (unpaired) electrons. The van der Waals surface area contributed by atoms with Crippen LogP contribution >= 0.6 is 11.3 Å². The molecule has 3 aromatic rings. The van der Waals surface area contributed by atoms with Crippen molar-refractivity contribution in [2.75, 3.05) is 18.0 Å². The standard InChI is InChI=1S/C21H21N5O3S/c1-13-4-9-17(20(28)10-13)24-25-18(11-27)14(2)23-26-21-22-19(12-30-21)15-5-7-16(29-3)8-6-15/h4-12,24,28H,1-3H3,(H,22,26)/b23-14-,25-18-. The van der Waals surface area contributed by atoms with Crippen molar-refractivity contribution in [1.29, 1.82) is 0 Å². The predicted molar refractivity (Wildman–Crippen MR) is 121 cm³/mol. The average Bonchev–Trinajstić information content (AvgIpc) is 3.23. The summed E-state index contributed by atoms with van der Waals surface area (Å²) in [6.07, 6.45) is 0.587. The lowest BCUT2D eigenvalue weighted by Crippen LogP contribution is -2.15. The molecule has 154 valence electrons. The number of hydrogen-bond acceptors (Lipinski definition) is 9. The first-order valence-corrected chi connectivity index (χ1v) is 9.87. The molecule has 0 spiro atoms. The van der Waals surface area contributed by atoms with Crippen LogP contribution in [0, 0.1) is 6.92 Å². The summed E-state index contributed by atoms with van der Waals surface area (Å²) in [4.78, 5) is 15.9. The van der Waals surface area contributed by atoms with Gasteiger partial charge < -0.3 is 9.84 Å². The van der Waals surface area contributed by atoms with E-state index in [1.807, 2.05) is 42.6 Å². The van der Waals surface area contributed by atoms with Crippen LogP contribution in [-0.2, 0) is 4.79 Å². The zero-order valence-electron chi connectivity index (χ0n) is 16.7. The highest BCUT2D eigenvalue weighted by Crippen LogP contribution is 2.26. The highest BCUT2D eigenvalue weighted by atomic mass is 32.1. The van der Waals surface area contributed by atoms with Crippen LogP contribution in [0.25, 0.3) is 11.3 Å². The fourth-order valence-corrected chi connectivity index (χ4v) is 3.12. The third-order valence-corrected chi connectivity index (χ3v) is 4.89. The van der Waals surface area contributed by atoms with Crippen LogP contribution in [0.3, 0.4) is 0 Å². The van der Waals surface area contributed by atoms with Gasteiger partial charge in [0.2, 0.25) is 5.13 Å². The minimum atomic E-state index is 0.0468. The Labute approximate surface area is 177 Å². The van der Waals surface area contributed by atoms with Crippen molar-refractivity contribution in [2.45, 2.75) is 13.8 Å². The van der Waals surface area contributed by atoms with Gasteiger partial charge in [-0.2, -0.15) is 10.2 Å². The van der Waals surface area contributed by atoms with Gasteiger partial charge in [0.05, 0.1) is 24.2 Å². The summed E-state index contributed by atoms with van der Waals surface area (Å²) >= 11 is 1.39. The van der Waals surface area contributed by atoms with Gasteiger partial charge in [-0.05, 0) is 55.8 Å². The van der Waals surface area contributed by atoms with Crippen LogP contribution in [0.5, 0.6) is 11.5 Å². The van der Waals surface area contributed by atoms with Gasteiger partial charge in [-0.25, -0.2) is 4.98 Å². The maximum atomic E-state index is 11.4. The van der Waals surface area contributed by atoms with Crippen LogP contribution in [0.1, 0.15) is 12.5 Å². The maximum absolute atomic E-state index is 11.4. The van der Waals surface area contributed by atoms with Gasteiger partial charge in [0.25, 0.3) is 0 Å².